The largest absolute Gasteiger partial charge is 0.364 e. The van der Waals surface area contributed by atoms with Gasteiger partial charge in [0.15, 0.2) is 5.78 Å². The zero-order valence-corrected chi connectivity index (χ0v) is 13.0. The molecule has 0 aliphatic rings. The summed E-state index contributed by atoms with van der Waals surface area (Å²) < 4.78 is 0. The van der Waals surface area contributed by atoms with Crippen molar-refractivity contribution in [3.8, 4) is 0 Å². The van der Waals surface area contributed by atoms with Crippen LogP contribution in [-0.2, 0) is 0 Å². The average Bonchev–Trinajstić information content (AvgIpc) is 2.53. The monoisotopic (exact) mass is 281 g/mol. The molecule has 0 saturated heterocycles. The molecule has 0 spiro atoms. The first-order valence-electron chi connectivity index (χ1n) is 7.55. The summed E-state index contributed by atoms with van der Waals surface area (Å²) in [5.41, 5.74) is 3.14. The lowest BCUT2D eigenvalue weighted by atomic mass is 10.0. The highest BCUT2D eigenvalue weighted by atomic mass is 16.1. The predicted octanol–water partition coefficient (Wildman–Crippen LogP) is 4.52. The molecule has 2 aromatic rings. The molecule has 0 radical (unpaired) electrons. The molecule has 0 aliphatic heterocycles. The van der Waals surface area contributed by atoms with Gasteiger partial charge >= 0.3 is 0 Å². The number of likely N-dealkylation sites (N-methyl/N-ethyl adjacent to an activating group) is 1. The van der Waals surface area contributed by atoms with Crippen molar-refractivity contribution in [2.45, 2.75) is 26.7 Å². The average molecular weight is 281 g/mol. The van der Waals surface area contributed by atoms with Crippen molar-refractivity contribution in [2.75, 3.05) is 18.0 Å². The molecule has 0 unspecified atom stereocenters. The van der Waals surface area contributed by atoms with Gasteiger partial charge in [-0.25, -0.2) is 0 Å². The van der Waals surface area contributed by atoms with E-state index in [4.69, 9.17) is 0 Å². The maximum absolute atomic E-state index is 12.4. The van der Waals surface area contributed by atoms with Crippen molar-refractivity contribution in [1.82, 2.24) is 0 Å². The summed E-state index contributed by atoms with van der Waals surface area (Å²) in [7, 11) is 0. The Bertz CT molecular complexity index is 572. The van der Waals surface area contributed by atoms with Gasteiger partial charge in [-0.1, -0.05) is 56.3 Å². The van der Waals surface area contributed by atoms with Gasteiger partial charge in [0.05, 0.1) is 6.54 Å². The summed E-state index contributed by atoms with van der Waals surface area (Å²) in [6.07, 6.45) is 0. The number of rotatable bonds is 6. The van der Waals surface area contributed by atoms with Crippen molar-refractivity contribution in [1.29, 1.82) is 0 Å². The fourth-order valence-corrected chi connectivity index (χ4v) is 2.34. The third-order valence-electron chi connectivity index (χ3n) is 3.74. The number of carbonyl (C=O) groups is 1. The number of anilines is 1. The third kappa shape index (κ3) is 3.94. The van der Waals surface area contributed by atoms with Crippen LogP contribution < -0.4 is 4.90 Å². The number of nitrogens with zero attached hydrogens (tertiary/aromatic N) is 1. The number of hydrogen-bond donors (Lipinski definition) is 0. The van der Waals surface area contributed by atoms with E-state index in [0.717, 1.165) is 17.8 Å². The van der Waals surface area contributed by atoms with Crippen LogP contribution in [0.2, 0.25) is 0 Å². The van der Waals surface area contributed by atoms with E-state index >= 15 is 0 Å². The van der Waals surface area contributed by atoms with Gasteiger partial charge in [-0.05, 0) is 30.5 Å². The summed E-state index contributed by atoms with van der Waals surface area (Å²) in [5.74, 6) is 0.654. The first-order chi connectivity index (χ1) is 10.1. The van der Waals surface area contributed by atoms with Gasteiger partial charge < -0.3 is 4.90 Å². The second kappa shape index (κ2) is 7.07. The topological polar surface area (TPSA) is 20.3 Å². The summed E-state index contributed by atoms with van der Waals surface area (Å²) in [5, 5.41) is 0. The van der Waals surface area contributed by atoms with Gasteiger partial charge in [0.2, 0.25) is 0 Å². The van der Waals surface area contributed by atoms with Gasteiger partial charge in [0, 0.05) is 17.8 Å². The quantitative estimate of drug-likeness (QED) is 0.726. The van der Waals surface area contributed by atoms with Gasteiger partial charge in [-0.2, -0.15) is 0 Å². The first kappa shape index (κ1) is 15.3. The Morgan fingerprint density at radius 1 is 1.00 bits per heavy atom. The second-order valence-corrected chi connectivity index (χ2v) is 5.55. The SMILES string of the molecule is CCN(CC(=O)c1ccc(C(C)C)cc1)c1ccccc1. The van der Waals surface area contributed by atoms with Crippen LogP contribution in [-0.4, -0.2) is 18.9 Å². The predicted molar refractivity (Wildman–Crippen MR) is 89.2 cm³/mol. The van der Waals surface area contributed by atoms with Crippen LogP contribution in [0.5, 0.6) is 0 Å². The number of hydrogen-bond acceptors (Lipinski definition) is 2. The van der Waals surface area contributed by atoms with Crippen LogP contribution in [0, 0.1) is 0 Å². The van der Waals surface area contributed by atoms with Gasteiger partial charge in [-0.15, -0.1) is 0 Å². The molecule has 21 heavy (non-hydrogen) atoms. The fourth-order valence-electron chi connectivity index (χ4n) is 2.34. The second-order valence-electron chi connectivity index (χ2n) is 5.55. The van der Waals surface area contributed by atoms with Gasteiger partial charge in [0.25, 0.3) is 0 Å². The smallest absolute Gasteiger partial charge is 0.182 e. The fraction of sp³-hybridized carbons (Fsp3) is 0.316. The van der Waals surface area contributed by atoms with Crippen molar-refractivity contribution < 1.29 is 4.79 Å². The standard InChI is InChI=1S/C19H23NO/c1-4-20(18-8-6-5-7-9-18)14-19(21)17-12-10-16(11-13-17)15(2)3/h5-13,15H,4,14H2,1-3H3. The van der Waals surface area contributed by atoms with E-state index in [-0.39, 0.29) is 5.78 Å². The Morgan fingerprint density at radius 3 is 2.14 bits per heavy atom. The lowest BCUT2D eigenvalue weighted by Gasteiger charge is -2.22. The van der Waals surface area contributed by atoms with E-state index in [0.29, 0.717) is 12.5 Å². The number of para-hydroxylation sites is 1. The van der Waals surface area contributed by atoms with Crippen molar-refractivity contribution in [2.24, 2.45) is 0 Å². The van der Waals surface area contributed by atoms with Crippen LogP contribution in [0.15, 0.2) is 54.6 Å². The number of Topliss-reactive ketones (excluding diaryl/α,β-unsaturated/α-hetero) is 1. The van der Waals surface area contributed by atoms with Crippen molar-refractivity contribution >= 4 is 11.5 Å². The molecule has 110 valence electrons. The van der Waals surface area contributed by atoms with Gasteiger partial charge in [0.1, 0.15) is 0 Å². The maximum Gasteiger partial charge on any atom is 0.182 e. The normalized spacial score (nSPS) is 10.7. The molecular weight excluding hydrogens is 258 g/mol. The minimum Gasteiger partial charge on any atom is -0.364 e. The molecule has 0 fully saturated rings. The molecule has 0 amide bonds. The van der Waals surface area contributed by atoms with E-state index in [9.17, 15) is 4.79 Å². The minimum absolute atomic E-state index is 0.163. The van der Waals surface area contributed by atoms with E-state index in [1.165, 1.54) is 5.56 Å². The molecule has 0 aromatic heterocycles. The highest BCUT2D eigenvalue weighted by molar-refractivity contribution is 5.99. The Balaban J connectivity index is 2.09. The molecule has 2 aromatic carbocycles. The van der Waals surface area contributed by atoms with E-state index < -0.39 is 0 Å². The highest BCUT2D eigenvalue weighted by Crippen LogP contribution is 2.17. The highest BCUT2D eigenvalue weighted by Gasteiger charge is 2.12. The Morgan fingerprint density at radius 2 is 1.62 bits per heavy atom. The molecule has 0 atom stereocenters. The van der Waals surface area contributed by atoms with Gasteiger partial charge in [-0.3, -0.25) is 4.79 Å². The lowest BCUT2D eigenvalue weighted by Crippen LogP contribution is -2.29. The molecule has 0 N–H and O–H groups in total. The Hall–Kier alpha value is -2.09. The molecule has 2 nitrogen and oxygen atoms in total. The van der Waals surface area contributed by atoms with Crippen LogP contribution in [0.1, 0.15) is 42.6 Å². The summed E-state index contributed by atoms with van der Waals surface area (Å²) in [4.78, 5) is 14.5. The summed E-state index contributed by atoms with van der Waals surface area (Å²) >= 11 is 0. The first-order valence-corrected chi connectivity index (χ1v) is 7.55. The molecule has 0 bridgehead atoms. The molecular formula is C19H23NO. The number of ketones is 1. The van der Waals surface area contributed by atoms with Crippen LogP contribution >= 0.6 is 0 Å². The molecule has 0 aliphatic carbocycles. The van der Waals surface area contributed by atoms with Crippen LogP contribution in [0.3, 0.4) is 0 Å². The number of benzene rings is 2. The van der Waals surface area contributed by atoms with Crippen molar-refractivity contribution in [3.63, 3.8) is 0 Å². The molecule has 0 saturated carbocycles. The molecule has 0 heterocycles. The molecule has 2 rings (SSSR count). The van der Waals surface area contributed by atoms with Crippen molar-refractivity contribution in [3.05, 3.63) is 65.7 Å². The van der Waals surface area contributed by atoms with E-state index in [2.05, 4.69) is 37.8 Å². The summed E-state index contributed by atoms with van der Waals surface area (Å²) in [6, 6.07) is 18.1. The zero-order valence-electron chi connectivity index (χ0n) is 13.0. The third-order valence-corrected chi connectivity index (χ3v) is 3.74. The summed E-state index contributed by atoms with van der Waals surface area (Å²) in [6.45, 7) is 7.62. The Kier molecular flexibility index (Phi) is 5.15. The van der Waals surface area contributed by atoms with E-state index in [1.54, 1.807) is 0 Å². The zero-order chi connectivity index (χ0) is 15.2. The number of carbonyl (C=O) groups excluding carboxylic acids is 1. The minimum atomic E-state index is 0.163. The lowest BCUT2D eigenvalue weighted by molar-refractivity contribution is 0.0999. The van der Waals surface area contributed by atoms with Crippen LogP contribution in [0.25, 0.3) is 0 Å². The maximum atomic E-state index is 12.4. The Labute approximate surface area is 127 Å². The van der Waals surface area contributed by atoms with Crippen LogP contribution in [0.4, 0.5) is 5.69 Å². The molecule has 2 heteroatoms. The van der Waals surface area contributed by atoms with E-state index in [1.807, 2.05) is 42.5 Å².